The van der Waals surface area contributed by atoms with E-state index in [2.05, 4.69) is 33.2 Å². The van der Waals surface area contributed by atoms with E-state index in [1.54, 1.807) is 0 Å². The lowest BCUT2D eigenvalue weighted by atomic mass is 10.1. The maximum absolute atomic E-state index is 5.81. The second kappa shape index (κ2) is 4.48. The van der Waals surface area contributed by atoms with Gasteiger partial charge >= 0.3 is 0 Å². The molecule has 2 aliphatic rings. The van der Waals surface area contributed by atoms with Gasteiger partial charge < -0.3 is 16.0 Å². The molecule has 18 heavy (non-hydrogen) atoms. The molecule has 1 aromatic rings. The minimum absolute atomic E-state index is 0.313. The minimum Gasteiger partial charge on any atom is -0.374 e. The third-order valence-corrected chi connectivity index (χ3v) is 3.51. The molecule has 1 fully saturated rings. The summed E-state index contributed by atoms with van der Waals surface area (Å²) in [5.74, 6) is 1.32. The van der Waals surface area contributed by atoms with Crippen LogP contribution in [-0.2, 0) is 0 Å². The van der Waals surface area contributed by atoms with Gasteiger partial charge in [0.1, 0.15) is 5.69 Å². The molecule has 0 aromatic carbocycles. The van der Waals surface area contributed by atoms with E-state index in [-0.39, 0.29) is 0 Å². The van der Waals surface area contributed by atoms with Crippen LogP contribution in [0.2, 0.25) is 0 Å². The van der Waals surface area contributed by atoms with Crippen LogP contribution >= 0.6 is 0 Å². The quantitative estimate of drug-likeness (QED) is 0.790. The Balaban J connectivity index is 2.02. The van der Waals surface area contributed by atoms with Gasteiger partial charge in [0.25, 0.3) is 0 Å². The number of nitrogen functional groups attached to an aromatic ring is 1. The molecular weight excluding hydrogens is 226 g/mol. The highest BCUT2D eigenvalue weighted by atomic mass is 15.2. The van der Waals surface area contributed by atoms with Crippen LogP contribution in [0.3, 0.4) is 0 Å². The van der Waals surface area contributed by atoms with Crippen LogP contribution in [0.15, 0.2) is 6.08 Å². The van der Waals surface area contributed by atoms with Crippen molar-refractivity contribution in [3.8, 4) is 0 Å². The van der Waals surface area contributed by atoms with Crippen LogP contribution in [-0.4, -0.2) is 29.1 Å². The van der Waals surface area contributed by atoms with Gasteiger partial charge in [-0.1, -0.05) is 6.08 Å². The first-order chi connectivity index (χ1) is 8.74. The monoisotopic (exact) mass is 245 g/mol. The molecule has 1 aromatic heterocycles. The standard InChI is InChI=1S/C13H19N5/c1-9-5-6-10-11(15-9)12(17-13(14)16-10)18-7-3-2-4-8-18/h5-6,9,15H,2-4,7-8H2,1H3,(H2,14,16,17). The van der Waals surface area contributed by atoms with Crippen molar-refractivity contribution < 1.29 is 0 Å². The molecule has 0 aliphatic carbocycles. The zero-order chi connectivity index (χ0) is 12.5. The molecule has 2 aliphatic heterocycles. The Labute approximate surface area is 107 Å². The highest BCUT2D eigenvalue weighted by Gasteiger charge is 2.22. The lowest BCUT2D eigenvalue weighted by molar-refractivity contribution is 0.573. The first-order valence-corrected chi connectivity index (χ1v) is 6.61. The van der Waals surface area contributed by atoms with Gasteiger partial charge in [0.2, 0.25) is 5.95 Å². The molecule has 5 heteroatoms. The predicted molar refractivity (Wildman–Crippen MR) is 74.6 cm³/mol. The normalized spacial score (nSPS) is 22.5. The van der Waals surface area contributed by atoms with E-state index in [4.69, 9.17) is 5.73 Å². The topological polar surface area (TPSA) is 67.1 Å². The number of hydrogen-bond acceptors (Lipinski definition) is 5. The number of rotatable bonds is 1. The molecule has 1 atom stereocenters. The van der Waals surface area contributed by atoms with Crippen molar-refractivity contribution in [3.05, 3.63) is 11.8 Å². The summed E-state index contributed by atoms with van der Waals surface area (Å²) in [7, 11) is 0. The van der Waals surface area contributed by atoms with Crippen molar-refractivity contribution in [2.45, 2.75) is 32.2 Å². The number of nitrogens with zero attached hydrogens (tertiary/aromatic N) is 3. The molecule has 0 saturated carbocycles. The van der Waals surface area contributed by atoms with E-state index in [0.717, 1.165) is 30.3 Å². The van der Waals surface area contributed by atoms with Gasteiger partial charge in [-0.05, 0) is 32.3 Å². The third-order valence-electron chi connectivity index (χ3n) is 3.51. The van der Waals surface area contributed by atoms with Gasteiger partial charge in [-0.3, -0.25) is 0 Å². The number of fused-ring (bicyclic) bond motifs is 1. The lowest BCUT2D eigenvalue weighted by Gasteiger charge is -2.31. The van der Waals surface area contributed by atoms with Gasteiger partial charge in [-0.2, -0.15) is 4.98 Å². The van der Waals surface area contributed by atoms with Crippen LogP contribution in [0.1, 0.15) is 31.9 Å². The van der Waals surface area contributed by atoms with Crippen molar-refractivity contribution in [2.75, 3.05) is 29.0 Å². The number of piperidine rings is 1. The Kier molecular flexibility index (Phi) is 2.81. The summed E-state index contributed by atoms with van der Waals surface area (Å²) < 4.78 is 0. The van der Waals surface area contributed by atoms with E-state index in [9.17, 15) is 0 Å². The maximum Gasteiger partial charge on any atom is 0.222 e. The number of nitrogens with one attached hydrogen (secondary N) is 1. The number of hydrogen-bond donors (Lipinski definition) is 2. The van der Waals surface area contributed by atoms with Crippen molar-refractivity contribution in [1.29, 1.82) is 0 Å². The van der Waals surface area contributed by atoms with Crippen LogP contribution in [0.4, 0.5) is 17.5 Å². The van der Waals surface area contributed by atoms with Gasteiger partial charge in [-0.15, -0.1) is 0 Å². The Morgan fingerprint density at radius 1 is 1.28 bits per heavy atom. The SMILES string of the molecule is CC1C=Cc2nc(N)nc(N3CCCCC3)c2N1. The molecule has 3 N–H and O–H groups in total. The van der Waals surface area contributed by atoms with Gasteiger partial charge in [-0.25, -0.2) is 4.98 Å². The Hall–Kier alpha value is -1.78. The Morgan fingerprint density at radius 3 is 2.83 bits per heavy atom. The van der Waals surface area contributed by atoms with Crippen molar-refractivity contribution in [3.63, 3.8) is 0 Å². The molecule has 96 valence electrons. The zero-order valence-corrected chi connectivity index (χ0v) is 10.7. The summed E-state index contributed by atoms with van der Waals surface area (Å²) >= 11 is 0. The molecule has 3 heterocycles. The summed E-state index contributed by atoms with van der Waals surface area (Å²) in [6.45, 7) is 4.24. The van der Waals surface area contributed by atoms with Crippen molar-refractivity contribution >= 4 is 23.5 Å². The second-order valence-corrected chi connectivity index (χ2v) is 5.01. The molecule has 1 saturated heterocycles. The van der Waals surface area contributed by atoms with E-state index >= 15 is 0 Å². The van der Waals surface area contributed by atoms with Crippen molar-refractivity contribution in [2.24, 2.45) is 0 Å². The molecule has 0 spiro atoms. The molecule has 0 amide bonds. The highest BCUT2D eigenvalue weighted by Crippen LogP contribution is 2.33. The smallest absolute Gasteiger partial charge is 0.222 e. The first kappa shape index (κ1) is 11.3. The first-order valence-electron chi connectivity index (χ1n) is 6.61. The van der Waals surface area contributed by atoms with Gasteiger partial charge in [0, 0.05) is 19.1 Å². The Morgan fingerprint density at radius 2 is 2.06 bits per heavy atom. The molecular formula is C13H19N5. The fraction of sp³-hybridized carbons (Fsp3) is 0.538. The average molecular weight is 245 g/mol. The predicted octanol–water partition coefficient (Wildman–Crippen LogP) is 1.88. The Bertz CT molecular complexity index is 477. The van der Waals surface area contributed by atoms with E-state index < -0.39 is 0 Å². The van der Waals surface area contributed by atoms with Gasteiger partial charge in [0.15, 0.2) is 5.82 Å². The maximum atomic E-state index is 5.81. The summed E-state index contributed by atoms with van der Waals surface area (Å²) in [5.41, 5.74) is 7.75. The fourth-order valence-corrected chi connectivity index (χ4v) is 2.59. The van der Waals surface area contributed by atoms with Crippen LogP contribution in [0, 0.1) is 0 Å². The zero-order valence-electron chi connectivity index (χ0n) is 10.7. The summed E-state index contributed by atoms with van der Waals surface area (Å²) in [4.78, 5) is 11.1. The van der Waals surface area contributed by atoms with Crippen LogP contribution < -0.4 is 16.0 Å². The van der Waals surface area contributed by atoms with E-state index in [1.807, 2.05) is 6.08 Å². The van der Waals surface area contributed by atoms with E-state index in [0.29, 0.717) is 12.0 Å². The summed E-state index contributed by atoms with van der Waals surface area (Å²) in [5, 5.41) is 3.44. The number of anilines is 3. The summed E-state index contributed by atoms with van der Waals surface area (Å²) in [6.07, 6.45) is 7.88. The second-order valence-electron chi connectivity index (χ2n) is 5.01. The minimum atomic E-state index is 0.313. The average Bonchev–Trinajstić information content (AvgIpc) is 2.39. The molecule has 5 nitrogen and oxygen atoms in total. The molecule has 0 radical (unpaired) electrons. The molecule has 0 bridgehead atoms. The highest BCUT2D eigenvalue weighted by molar-refractivity contribution is 5.79. The van der Waals surface area contributed by atoms with E-state index in [1.165, 1.54) is 19.3 Å². The van der Waals surface area contributed by atoms with Crippen molar-refractivity contribution in [1.82, 2.24) is 9.97 Å². The molecule has 3 rings (SSSR count). The fourth-order valence-electron chi connectivity index (χ4n) is 2.59. The number of nitrogens with two attached hydrogens (primary N) is 1. The van der Waals surface area contributed by atoms with Crippen LogP contribution in [0.5, 0.6) is 0 Å². The third kappa shape index (κ3) is 2.00. The number of aromatic nitrogens is 2. The largest absolute Gasteiger partial charge is 0.374 e. The van der Waals surface area contributed by atoms with Crippen LogP contribution in [0.25, 0.3) is 6.08 Å². The summed E-state index contributed by atoms with van der Waals surface area (Å²) in [6, 6.07) is 0.313. The molecule has 1 unspecified atom stereocenters. The lowest BCUT2D eigenvalue weighted by Crippen LogP contribution is -2.32. The van der Waals surface area contributed by atoms with Gasteiger partial charge in [0.05, 0.1) is 5.69 Å².